The minimum absolute atomic E-state index is 0.0944. The van der Waals surface area contributed by atoms with Gasteiger partial charge in [-0.3, -0.25) is 9.69 Å². The molecule has 0 spiro atoms. The first kappa shape index (κ1) is 9.23. The molecule has 2 N–H and O–H groups in total. The van der Waals surface area contributed by atoms with Crippen LogP contribution in [0.15, 0.2) is 22.8 Å². The highest BCUT2D eigenvalue weighted by Gasteiger charge is 2.30. The Morgan fingerprint density at radius 3 is 3.14 bits per heavy atom. The number of nitrogens with two attached hydrogens (primary N) is 1. The fourth-order valence-corrected chi connectivity index (χ4v) is 1.51. The fraction of sp³-hybridized carbons (Fsp3) is 0.444. The molecular weight excluding hydrogens is 184 g/mol. The van der Waals surface area contributed by atoms with E-state index < -0.39 is 0 Å². The highest BCUT2D eigenvalue weighted by atomic mass is 16.5. The van der Waals surface area contributed by atoms with E-state index in [-0.39, 0.29) is 18.6 Å². The van der Waals surface area contributed by atoms with Crippen molar-refractivity contribution in [2.75, 3.05) is 24.7 Å². The maximum absolute atomic E-state index is 11.5. The van der Waals surface area contributed by atoms with Gasteiger partial charge < -0.3 is 14.9 Å². The van der Waals surface area contributed by atoms with Gasteiger partial charge in [-0.1, -0.05) is 0 Å². The molecule has 0 aliphatic carbocycles. The summed E-state index contributed by atoms with van der Waals surface area (Å²) >= 11 is 0. The Bertz CT molecular complexity index is 310. The normalized spacial score (nSPS) is 22.8. The first-order valence-electron chi connectivity index (χ1n) is 4.46. The molecule has 1 aliphatic heterocycles. The second-order valence-electron chi connectivity index (χ2n) is 3.12. The van der Waals surface area contributed by atoms with Crippen LogP contribution < -0.4 is 10.6 Å². The lowest BCUT2D eigenvalue weighted by atomic mass is 10.2. The molecule has 76 valence electrons. The number of amides is 1. The molecule has 1 unspecified atom stereocenters. The zero-order valence-corrected chi connectivity index (χ0v) is 7.68. The number of nitrogens with zero attached hydrogens (tertiary/aromatic N) is 1. The standard InChI is InChI=1S/C9H12N2O3/c10-4-7-5-13-6-8(12)11(7)9-2-1-3-14-9/h1-3,7H,4-6,10H2. The SMILES string of the molecule is NCC1COCC(=O)N1c1ccco1. The van der Waals surface area contributed by atoms with E-state index in [0.29, 0.717) is 19.0 Å². The number of hydrogen-bond acceptors (Lipinski definition) is 4. The predicted molar refractivity (Wildman–Crippen MR) is 49.9 cm³/mol. The number of morpholine rings is 1. The smallest absolute Gasteiger partial charge is 0.255 e. The van der Waals surface area contributed by atoms with Crippen LogP contribution in [0.2, 0.25) is 0 Å². The first-order chi connectivity index (χ1) is 6.83. The maximum Gasteiger partial charge on any atom is 0.255 e. The Hall–Kier alpha value is -1.33. The lowest BCUT2D eigenvalue weighted by Crippen LogP contribution is -2.52. The number of anilines is 1. The third-order valence-corrected chi connectivity index (χ3v) is 2.19. The Morgan fingerprint density at radius 2 is 2.50 bits per heavy atom. The van der Waals surface area contributed by atoms with Crippen LogP contribution in [-0.2, 0) is 9.53 Å². The van der Waals surface area contributed by atoms with Gasteiger partial charge in [0.25, 0.3) is 5.91 Å². The average Bonchev–Trinajstić information content (AvgIpc) is 2.70. The fourth-order valence-electron chi connectivity index (χ4n) is 1.51. The van der Waals surface area contributed by atoms with Gasteiger partial charge in [0.2, 0.25) is 5.88 Å². The van der Waals surface area contributed by atoms with Gasteiger partial charge in [-0.25, -0.2) is 0 Å². The summed E-state index contributed by atoms with van der Waals surface area (Å²) in [5.41, 5.74) is 5.55. The van der Waals surface area contributed by atoms with E-state index in [4.69, 9.17) is 14.9 Å². The van der Waals surface area contributed by atoms with Crippen LogP contribution in [0.4, 0.5) is 5.88 Å². The van der Waals surface area contributed by atoms with Crippen LogP contribution in [0.5, 0.6) is 0 Å². The third-order valence-electron chi connectivity index (χ3n) is 2.19. The monoisotopic (exact) mass is 196 g/mol. The number of hydrogen-bond donors (Lipinski definition) is 1. The van der Waals surface area contributed by atoms with Gasteiger partial charge in [-0.2, -0.15) is 0 Å². The number of rotatable bonds is 2. The van der Waals surface area contributed by atoms with Crippen molar-refractivity contribution in [3.05, 3.63) is 18.4 Å². The quantitative estimate of drug-likeness (QED) is 0.721. The molecule has 2 rings (SSSR count). The second kappa shape index (κ2) is 3.81. The summed E-state index contributed by atoms with van der Waals surface area (Å²) in [4.78, 5) is 13.1. The highest BCUT2D eigenvalue weighted by Crippen LogP contribution is 2.20. The second-order valence-corrected chi connectivity index (χ2v) is 3.12. The number of furan rings is 1. The first-order valence-corrected chi connectivity index (χ1v) is 4.46. The van der Waals surface area contributed by atoms with Crippen LogP contribution in [0.1, 0.15) is 0 Å². The van der Waals surface area contributed by atoms with Gasteiger partial charge in [-0.15, -0.1) is 0 Å². The van der Waals surface area contributed by atoms with Crippen molar-refractivity contribution >= 4 is 11.8 Å². The van der Waals surface area contributed by atoms with E-state index in [1.54, 1.807) is 17.0 Å². The molecule has 0 radical (unpaired) electrons. The van der Waals surface area contributed by atoms with E-state index >= 15 is 0 Å². The molecule has 5 heteroatoms. The third kappa shape index (κ3) is 1.51. The van der Waals surface area contributed by atoms with E-state index in [1.807, 2.05) is 0 Å². The minimum Gasteiger partial charge on any atom is -0.448 e. The summed E-state index contributed by atoms with van der Waals surface area (Å²) in [6.45, 7) is 0.923. The molecule has 0 saturated carbocycles. The van der Waals surface area contributed by atoms with Gasteiger partial charge in [-0.05, 0) is 6.07 Å². The van der Waals surface area contributed by atoms with Crippen molar-refractivity contribution in [2.45, 2.75) is 6.04 Å². The molecule has 1 aromatic rings. The number of carbonyl (C=O) groups is 1. The van der Waals surface area contributed by atoms with Crippen LogP contribution in [0.25, 0.3) is 0 Å². The molecule has 1 amide bonds. The van der Waals surface area contributed by atoms with Gasteiger partial charge in [0.15, 0.2) is 0 Å². The van der Waals surface area contributed by atoms with Gasteiger partial charge in [0.05, 0.1) is 18.9 Å². The van der Waals surface area contributed by atoms with Crippen LogP contribution >= 0.6 is 0 Å². The molecule has 1 fully saturated rings. The van der Waals surface area contributed by atoms with Crippen molar-refractivity contribution in [3.8, 4) is 0 Å². The summed E-state index contributed by atoms with van der Waals surface area (Å²) in [5.74, 6) is 0.426. The molecule has 1 aliphatic rings. The molecule has 0 bridgehead atoms. The lowest BCUT2D eigenvalue weighted by molar-refractivity contribution is -0.127. The highest BCUT2D eigenvalue weighted by molar-refractivity contribution is 5.94. The molecular formula is C9H12N2O3. The van der Waals surface area contributed by atoms with Crippen LogP contribution in [0.3, 0.4) is 0 Å². The lowest BCUT2D eigenvalue weighted by Gasteiger charge is -2.32. The van der Waals surface area contributed by atoms with Crippen LogP contribution in [-0.4, -0.2) is 31.7 Å². The van der Waals surface area contributed by atoms with E-state index in [9.17, 15) is 4.79 Å². The summed E-state index contributed by atoms with van der Waals surface area (Å²) in [7, 11) is 0. The Morgan fingerprint density at radius 1 is 1.64 bits per heavy atom. The minimum atomic E-state index is -0.123. The molecule has 14 heavy (non-hydrogen) atoms. The van der Waals surface area contributed by atoms with Crippen molar-refractivity contribution in [3.63, 3.8) is 0 Å². The molecule has 2 heterocycles. The van der Waals surface area contributed by atoms with Crippen molar-refractivity contribution in [1.82, 2.24) is 0 Å². The van der Waals surface area contributed by atoms with E-state index in [2.05, 4.69) is 0 Å². The summed E-state index contributed by atoms with van der Waals surface area (Å²) in [6.07, 6.45) is 1.53. The maximum atomic E-state index is 11.5. The van der Waals surface area contributed by atoms with Gasteiger partial charge in [0, 0.05) is 12.6 Å². The Balaban J connectivity index is 2.24. The van der Waals surface area contributed by atoms with Gasteiger partial charge >= 0.3 is 0 Å². The predicted octanol–water partition coefficient (Wildman–Crippen LogP) is -0.0299. The molecule has 1 saturated heterocycles. The van der Waals surface area contributed by atoms with E-state index in [1.165, 1.54) is 6.26 Å². The van der Waals surface area contributed by atoms with Crippen molar-refractivity contribution in [1.29, 1.82) is 0 Å². The topological polar surface area (TPSA) is 68.7 Å². The van der Waals surface area contributed by atoms with E-state index in [0.717, 1.165) is 0 Å². The zero-order valence-electron chi connectivity index (χ0n) is 7.68. The van der Waals surface area contributed by atoms with Crippen molar-refractivity contribution < 1.29 is 13.9 Å². The number of ether oxygens (including phenoxy) is 1. The Kier molecular flexibility index (Phi) is 2.51. The summed E-state index contributed by atoms with van der Waals surface area (Å²) < 4.78 is 10.3. The largest absolute Gasteiger partial charge is 0.448 e. The van der Waals surface area contributed by atoms with Crippen LogP contribution in [0, 0.1) is 0 Å². The summed E-state index contributed by atoms with van der Waals surface area (Å²) in [6, 6.07) is 3.36. The van der Waals surface area contributed by atoms with Crippen molar-refractivity contribution in [2.24, 2.45) is 5.73 Å². The molecule has 5 nitrogen and oxygen atoms in total. The zero-order chi connectivity index (χ0) is 9.97. The molecule has 1 atom stereocenters. The number of carbonyl (C=O) groups excluding carboxylic acids is 1. The summed E-state index contributed by atoms with van der Waals surface area (Å²) in [5, 5.41) is 0. The molecule has 1 aromatic heterocycles. The average molecular weight is 196 g/mol. The van der Waals surface area contributed by atoms with Gasteiger partial charge in [0.1, 0.15) is 6.61 Å². The molecule has 0 aromatic carbocycles. The Labute approximate surface area is 81.4 Å².